The topological polar surface area (TPSA) is 15.3 Å². The van der Waals surface area contributed by atoms with Crippen LogP contribution in [-0.2, 0) is 6.42 Å². The van der Waals surface area contributed by atoms with Crippen LogP contribution in [0.1, 0.15) is 12.0 Å². The van der Waals surface area contributed by atoms with Crippen molar-refractivity contribution in [1.29, 1.82) is 0 Å². The summed E-state index contributed by atoms with van der Waals surface area (Å²) in [6.45, 7) is 2.27. The Labute approximate surface area is 95.4 Å². The fraction of sp³-hybridized carbons (Fsp3) is 0.538. The van der Waals surface area contributed by atoms with E-state index in [1.807, 2.05) is 6.07 Å². The predicted octanol–water partition coefficient (Wildman–Crippen LogP) is 1.75. The van der Waals surface area contributed by atoms with Gasteiger partial charge in [-0.25, -0.2) is 4.39 Å². The van der Waals surface area contributed by atoms with Crippen molar-refractivity contribution in [3.8, 4) is 0 Å². The van der Waals surface area contributed by atoms with Gasteiger partial charge in [0.15, 0.2) is 0 Å². The van der Waals surface area contributed by atoms with Gasteiger partial charge in [0.2, 0.25) is 0 Å². The largest absolute Gasteiger partial charge is 0.364 e. The van der Waals surface area contributed by atoms with Crippen LogP contribution in [0, 0.1) is 0 Å². The zero-order valence-electron chi connectivity index (χ0n) is 9.32. The van der Waals surface area contributed by atoms with Crippen LogP contribution in [0.3, 0.4) is 0 Å². The lowest BCUT2D eigenvalue weighted by molar-refractivity contribution is 0.318. The van der Waals surface area contributed by atoms with Gasteiger partial charge in [-0.15, -0.1) is 0 Å². The molecule has 2 atom stereocenters. The van der Waals surface area contributed by atoms with Gasteiger partial charge in [-0.2, -0.15) is 0 Å². The van der Waals surface area contributed by atoms with Crippen molar-refractivity contribution in [1.82, 2.24) is 5.32 Å². The van der Waals surface area contributed by atoms with Gasteiger partial charge in [-0.1, -0.05) is 18.2 Å². The molecule has 0 spiro atoms. The Kier molecular flexibility index (Phi) is 2.56. The highest BCUT2D eigenvalue weighted by molar-refractivity contribution is 5.56. The molecule has 2 aliphatic heterocycles. The summed E-state index contributed by atoms with van der Waals surface area (Å²) in [5, 5.41) is 3.13. The van der Waals surface area contributed by atoms with Gasteiger partial charge in [0.05, 0.1) is 6.04 Å². The predicted molar refractivity (Wildman–Crippen MR) is 63.7 cm³/mol. The first kappa shape index (κ1) is 10.1. The van der Waals surface area contributed by atoms with E-state index in [1.54, 1.807) is 0 Å². The van der Waals surface area contributed by atoms with Gasteiger partial charge in [-0.3, -0.25) is 0 Å². The number of fused-ring (bicyclic) bond motifs is 1. The number of nitrogens with zero attached hydrogens (tertiary/aromatic N) is 1. The van der Waals surface area contributed by atoms with Crippen LogP contribution in [0.25, 0.3) is 0 Å². The number of alkyl halides is 1. The summed E-state index contributed by atoms with van der Waals surface area (Å²) in [5.41, 5.74) is 2.61. The van der Waals surface area contributed by atoms with Crippen LogP contribution in [0.2, 0.25) is 0 Å². The summed E-state index contributed by atoms with van der Waals surface area (Å²) in [5.74, 6) is 0. The summed E-state index contributed by atoms with van der Waals surface area (Å²) in [7, 11) is 0. The third-order valence-electron chi connectivity index (χ3n) is 3.66. The summed E-state index contributed by atoms with van der Waals surface area (Å²) in [4.78, 5) is 2.25. The van der Waals surface area contributed by atoms with Crippen molar-refractivity contribution in [2.24, 2.45) is 0 Å². The summed E-state index contributed by atoms with van der Waals surface area (Å²) in [6.07, 6.45) is 1.54. The molecule has 1 saturated heterocycles. The Bertz CT molecular complexity index is 380. The molecule has 0 aromatic heterocycles. The Morgan fingerprint density at radius 2 is 2.12 bits per heavy atom. The monoisotopic (exact) mass is 220 g/mol. The molecule has 0 radical (unpaired) electrons. The maximum absolute atomic E-state index is 13.8. The first-order chi connectivity index (χ1) is 7.86. The van der Waals surface area contributed by atoms with Gasteiger partial charge >= 0.3 is 0 Å². The number of benzene rings is 1. The third-order valence-corrected chi connectivity index (χ3v) is 3.66. The van der Waals surface area contributed by atoms with Gasteiger partial charge < -0.3 is 10.2 Å². The molecule has 3 rings (SSSR count). The third kappa shape index (κ3) is 1.59. The van der Waals surface area contributed by atoms with E-state index in [2.05, 4.69) is 28.4 Å². The normalized spacial score (nSPS) is 29.2. The van der Waals surface area contributed by atoms with Crippen LogP contribution >= 0.6 is 0 Å². The number of rotatable bonds is 1. The zero-order chi connectivity index (χ0) is 11.0. The second-order valence-electron chi connectivity index (χ2n) is 4.67. The van der Waals surface area contributed by atoms with Gasteiger partial charge in [0, 0.05) is 25.3 Å². The van der Waals surface area contributed by atoms with Crippen molar-refractivity contribution < 1.29 is 4.39 Å². The molecule has 86 valence electrons. The first-order valence-electron chi connectivity index (χ1n) is 6.05. The maximum Gasteiger partial charge on any atom is 0.134 e. The van der Waals surface area contributed by atoms with Crippen molar-refractivity contribution in [2.75, 3.05) is 24.5 Å². The number of para-hydroxylation sites is 1. The molecule has 0 unspecified atom stereocenters. The van der Waals surface area contributed by atoms with E-state index in [1.165, 1.54) is 11.3 Å². The SMILES string of the molecule is F[C@@H]1CNC[C@@H]1N1CCCc2ccccc21. The highest BCUT2D eigenvalue weighted by Crippen LogP contribution is 2.30. The van der Waals surface area contributed by atoms with E-state index in [4.69, 9.17) is 0 Å². The molecule has 0 aliphatic carbocycles. The number of hydrogen-bond donors (Lipinski definition) is 1. The zero-order valence-corrected chi connectivity index (χ0v) is 9.32. The van der Waals surface area contributed by atoms with Gasteiger partial charge in [0.1, 0.15) is 6.17 Å². The van der Waals surface area contributed by atoms with E-state index in [0.717, 1.165) is 25.9 Å². The second-order valence-corrected chi connectivity index (χ2v) is 4.67. The van der Waals surface area contributed by atoms with Crippen molar-refractivity contribution in [3.63, 3.8) is 0 Å². The highest BCUT2D eigenvalue weighted by Gasteiger charge is 2.33. The molecule has 1 N–H and O–H groups in total. The number of hydrogen-bond acceptors (Lipinski definition) is 2. The lowest BCUT2D eigenvalue weighted by atomic mass is 9.99. The van der Waals surface area contributed by atoms with E-state index in [-0.39, 0.29) is 6.04 Å². The molecule has 0 saturated carbocycles. The fourth-order valence-corrected chi connectivity index (χ4v) is 2.85. The molecule has 1 fully saturated rings. The summed E-state index contributed by atoms with van der Waals surface area (Å²) >= 11 is 0. The van der Waals surface area contributed by atoms with Crippen molar-refractivity contribution in [3.05, 3.63) is 29.8 Å². The van der Waals surface area contributed by atoms with Gasteiger partial charge in [-0.05, 0) is 24.5 Å². The van der Waals surface area contributed by atoms with E-state index >= 15 is 0 Å². The minimum Gasteiger partial charge on any atom is -0.364 e. The van der Waals surface area contributed by atoms with Crippen LogP contribution < -0.4 is 10.2 Å². The van der Waals surface area contributed by atoms with Crippen LogP contribution in [0.5, 0.6) is 0 Å². The average Bonchev–Trinajstić information content (AvgIpc) is 2.75. The Morgan fingerprint density at radius 1 is 1.25 bits per heavy atom. The summed E-state index contributed by atoms with van der Waals surface area (Å²) < 4.78 is 13.8. The van der Waals surface area contributed by atoms with Crippen molar-refractivity contribution in [2.45, 2.75) is 25.1 Å². The van der Waals surface area contributed by atoms with Gasteiger partial charge in [0.25, 0.3) is 0 Å². The van der Waals surface area contributed by atoms with E-state index < -0.39 is 6.17 Å². The Balaban J connectivity index is 1.92. The lowest BCUT2D eigenvalue weighted by Crippen LogP contribution is -2.44. The van der Waals surface area contributed by atoms with Crippen LogP contribution in [-0.4, -0.2) is 31.8 Å². The number of aryl methyl sites for hydroxylation is 1. The number of nitrogens with one attached hydrogen (secondary N) is 1. The maximum atomic E-state index is 13.8. The number of halogens is 1. The minimum atomic E-state index is -0.730. The molecule has 2 nitrogen and oxygen atoms in total. The molecule has 0 bridgehead atoms. The first-order valence-corrected chi connectivity index (χ1v) is 6.05. The lowest BCUT2D eigenvalue weighted by Gasteiger charge is -2.36. The Morgan fingerprint density at radius 3 is 2.94 bits per heavy atom. The van der Waals surface area contributed by atoms with Crippen LogP contribution in [0.15, 0.2) is 24.3 Å². The van der Waals surface area contributed by atoms with Crippen molar-refractivity contribution >= 4 is 5.69 Å². The van der Waals surface area contributed by atoms with Crippen LogP contribution in [0.4, 0.5) is 10.1 Å². The molecular formula is C13H17FN2. The fourth-order valence-electron chi connectivity index (χ4n) is 2.85. The average molecular weight is 220 g/mol. The second kappa shape index (κ2) is 4.06. The highest BCUT2D eigenvalue weighted by atomic mass is 19.1. The minimum absolute atomic E-state index is 0.0291. The Hall–Kier alpha value is -1.09. The van der Waals surface area contributed by atoms with E-state index in [9.17, 15) is 4.39 Å². The molecule has 1 aromatic rings. The molecule has 3 heteroatoms. The molecule has 2 aliphatic rings. The smallest absolute Gasteiger partial charge is 0.134 e. The molecule has 1 aromatic carbocycles. The molecular weight excluding hydrogens is 203 g/mol. The molecule has 0 amide bonds. The molecule has 2 heterocycles. The molecule has 16 heavy (non-hydrogen) atoms. The summed E-state index contributed by atoms with van der Waals surface area (Å²) in [6, 6.07) is 8.44. The quantitative estimate of drug-likeness (QED) is 0.775. The van der Waals surface area contributed by atoms with E-state index in [0.29, 0.717) is 6.54 Å². The number of anilines is 1. The standard InChI is InChI=1S/C13H17FN2/c14-11-8-15-9-13(11)16-7-3-5-10-4-1-2-6-12(10)16/h1-2,4,6,11,13,15H,3,5,7-9H2/t11-,13+/m1/s1.